The molecule has 0 amide bonds. The van der Waals surface area contributed by atoms with Crippen LogP contribution in [0.1, 0.15) is 16.5 Å². The fourth-order valence-corrected chi connectivity index (χ4v) is 2.18. The largest absolute Gasteiger partial charge is 0.481 e. The van der Waals surface area contributed by atoms with Crippen molar-refractivity contribution < 1.29 is 14.3 Å². The molecule has 0 saturated heterocycles. The first-order valence-corrected chi connectivity index (χ1v) is 5.79. The average molecular weight is 237 g/mol. The van der Waals surface area contributed by atoms with E-state index in [1.54, 1.807) is 11.6 Å². The van der Waals surface area contributed by atoms with Crippen LogP contribution >= 0.6 is 11.3 Å². The van der Waals surface area contributed by atoms with Gasteiger partial charge in [0.25, 0.3) is 0 Å². The first kappa shape index (κ1) is 10.9. The van der Waals surface area contributed by atoms with E-state index in [-0.39, 0.29) is 6.42 Å². The van der Waals surface area contributed by atoms with E-state index in [9.17, 15) is 4.79 Å². The Bertz CT molecular complexity index is 461. The monoisotopic (exact) mass is 237 g/mol. The summed E-state index contributed by atoms with van der Waals surface area (Å²) in [6, 6.07) is 3.78. The molecule has 16 heavy (non-hydrogen) atoms. The SMILES string of the molecule is O=C(O)Cc1csc(CCc2ccco2)n1. The van der Waals surface area contributed by atoms with Crippen molar-refractivity contribution in [3.05, 3.63) is 40.2 Å². The first-order valence-electron chi connectivity index (χ1n) is 4.91. The molecule has 0 radical (unpaired) electrons. The molecule has 2 aromatic heterocycles. The number of carbonyl (C=O) groups is 1. The lowest BCUT2D eigenvalue weighted by Gasteiger charge is -1.93. The first-order chi connectivity index (χ1) is 7.74. The lowest BCUT2D eigenvalue weighted by molar-refractivity contribution is -0.136. The predicted octanol–water partition coefficient (Wildman–Crippen LogP) is 2.15. The highest BCUT2D eigenvalue weighted by Crippen LogP contribution is 2.13. The molecule has 0 fully saturated rings. The number of rotatable bonds is 5. The van der Waals surface area contributed by atoms with Gasteiger partial charge in [0.15, 0.2) is 0 Å². The summed E-state index contributed by atoms with van der Waals surface area (Å²) in [5.41, 5.74) is 0.631. The molecule has 84 valence electrons. The topological polar surface area (TPSA) is 63.3 Å². The molecule has 4 nitrogen and oxygen atoms in total. The fourth-order valence-electron chi connectivity index (χ4n) is 1.38. The number of aromatic nitrogens is 1. The number of hydrogen-bond acceptors (Lipinski definition) is 4. The molecular weight excluding hydrogens is 226 g/mol. The number of hydrogen-bond donors (Lipinski definition) is 1. The van der Waals surface area contributed by atoms with Crippen LogP contribution in [-0.2, 0) is 24.1 Å². The van der Waals surface area contributed by atoms with Crippen LogP contribution in [0.2, 0.25) is 0 Å². The number of aliphatic carboxylic acids is 1. The Morgan fingerprint density at radius 2 is 2.38 bits per heavy atom. The van der Waals surface area contributed by atoms with Crippen molar-refractivity contribution in [3.8, 4) is 0 Å². The van der Waals surface area contributed by atoms with Gasteiger partial charge in [-0.3, -0.25) is 4.79 Å². The second-order valence-electron chi connectivity index (χ2n) is 3.38. The van der Waals surface area contributed by atoms with Gasteiger partial charge in [-0.15, -0.1) is 11.3 Å². The van der Waals surface area contributed by atoms with Crippen molar-refractivity contribution in [1.82, 2.24) is 4.98 Å². The van der Waals surface area contributed by atoms with Gasteiger partial charge in [-0.1, -0.05) is 0 Å². The Hall–Kier alpha value is -1.62. The van der Waals surface area contributed by atoms with Crippen LogP contribution in [0.5, 0.6) is 0 Å². The van der Waals surface area contributed by atoms with Gasteiger partial charge >= 0.3 is 5.97 Å². The molecule has 2 heterocycles. The third-order valence-corrected chi connectivity index (χ3v) is 3.05. The van der Waals surface area contributed by atoms with Crippen molar-refractivity contribution in [2.24, 2.45) is 0 Å². The zero-order valence-corrected chi connectivity index (χ0v) is 9.37. The normalized spacial score (nSPS) is 10.5. The van der Waals surface area contributed by atoms with Crippen LogP contribution in [0.4, 0.5) is 0 Å². The molecule has 0 saturated carbocycles. The number of carboxylic acid groups (broad SMARTS) is 1. The van der Waals surface area contributed by atoms with E-state index in [1.807, 2.05) is 12.1 Å². The maximum atomic E-state index is 10.5. The van der Waals surface area contributed by atoms with Crippen molar-refractivity contribution in [2.45, 2.75) is 19.3 Å². The summed E-state index contributed by atoms with van der Waals surface area (Å²) in [4.78, 5) is 14.7. The summed E-state index contributed by atoms with van der Waals surface area (Å²) < 4.78 is 5.21. The Kier molecular flexibility index (Phi) is 3.36. The van der Waals surface area contributed by atoms with Crippen LogP contribution in [-0.4, -0.2) is 16.1 Å². The second-order valence-corrected chi connectivity index (χ2v) is 4.33. The van der Waals surface area contributed by atoms with Gasteiger partial charge in [0, 0.05) is 18.2 Å². The third kappa shape index (κ3) is 2.93. The highest BCUT2D eigenvalue weighted by Gasteiger charge is 2.06. The second kappa shape index (κ2) is 4.94. The van der Waals surface area contributed by atoms with Crippen LogP contribution < -0.4 is 0 Å². The lowest BCUT2D eigenvalue weighted by atomic mass is 10.2. The quantitative estimate of drug-likeness (QED) is 0.865. The maximum absolute atomic E-state index is 10.5. The predicted molar refractivity (Wildman–Crippen MR) is 59.6 cm³/mol. The lowest BCUT2D eigenvalue weighted by Crippen LogP contribution is -2.00. The zero-order chi connectivity index (χ0) is 11.4. The average Bonchev–Trinajstić information content (AvgIpc) is 2.84. The molecule has 0 atom stereocenters. The van der Waals surface area contributed by atoms with Crippen LogP contribution in [0, 0.1) is 0 Å². The Morgan fingerprint density at radius 1 is 1.50 bits per heavy atom. The van der Waals surface area contributed by atoms with E-state index in [1.165, 1.54) is 11.3 Å². The van der Waals surface area contributed by atoms with Gasteiger partial charge in [-0.2, -0.15) is 0 Å². The number of furan rings is 1. The third-order valence-electron chi connectivity index (χ3n) is 2.10. The molecule has 0 bridgehead atoms. The molecule has 0 spiro atoms. The minimum Gasteiger partial charge on any atom is -0.481 e. The Labute approximate surface area is 96.6 Å². The van der Waals surface area contributed by atoms with E-state index < -0.39 is 5.97 Å². The summed E-state index contributed by atoms with van der Waals surface area (Å²) in [5.74, 6) is 0.0814. The highest BCUT2D eigenvalue weighted by atomic mass is 32.1. The smallest absolute Gasteiger partial charge is 0.309 e. The van der Waals surface area contributed by atoms with E-state index >= 15 is 0 Å². The highest BCUT2D eigenvalue weighted by molar-refractivity contribution is 7.09. The molecule has 0 unspecified atom stereocenters. The number of thiazole rings is 1. The molecule has 0 aliphatic heterocycles. The minimum atomic E-state index is -0.845. The van der Waals surface area contributed by atoms with Crippen molar-refractivity contribution >= 4 is 17.3 Å². The summed E-state index contributed by atoms with van der Waals surface area (Å²) in [7, 11) is 0. The summed E-state index contributed by atoms with van der Waals surface area (Å²) in [6.07, 6.45) is 3.23. The summed E-state index contributed by atoms with van der Waals surface area (Å²) in [5, 5.41) is 11.4. The Morgan fingerprint density at radius 3 is 3.06 bits per heavy atom. The summed E-state index contributed by atoms with van der Waals surface area (Å²) in [6.45, 7) is 0. The van der Waals surface area contributed by atoms with E-state index in [0.29, 0.717) is 5.69 Å². The van der Waals surface area contributed by atoms with Gasteiger partial charge in [0.05, 0.1) is 23.4 Å². The molecule has 5 heteroatoms. The zero-order valence-electron chi connectivity index (χ0n) is 8.55. The van der Waals surface area contributed by atoms with Gasteiger partial charge in [0.1, 0.15) is 5.76 Å². The van der Waals surface area contributed by atoms with Gasteiger partial charge in [-0.25, -0.2) is 4.98 Å². The molecule has 0 aliphatic carbocycles. The van der Waals surface area contributed by atoms with Crippen molar-refractivity contribution in [1.29, 1.82) is 0 Å². The van der Waals surface area contributed by atoms with Gasteiger partial charge in [-0.05, 0) is 12.1 Å². The summed E-state index contributed by atoms with van der Waals surface area (Å²) >= 11 is 1.50. The Balaban J connectivity index is 1.90. The van der Waals surface area contributed by atoms with Gasteiger partial charge < -0.3 is 9.52 Å². The van der Waals surface area contributed by atoms with E-state index in [2.05, 4.69) is 4.98 Å². The van der Waals surface area contributed by atoms with Crippen molar-refractivity contribution in [2.75, 3.05) is 0 Å². The van der Waals surface area contributed by atoms with Gasteiger partial charge in [0.2, 0.25) is 0 Å². The molecule has 1 N–H and O–H groups in total. The molecule has 0 aromatic carbocycles. The number of aryl methyl sites for hydroxylation is 2. The van der Waals surface area contributed by atoms with Crippen LogP contribution in [0.25, 0.3) is 0 Å². The van der Waals surface area contributed by atoms with Crippen molar-refractivity contribution in [3.63, 3.8) is 0 Å². The molecule has 2 rings (SSSR count). The minimum absolute atomic E-state index is 0.00273. The number of carboxylic acids is 1. The maximum Gasteiger partial charge on any atom is 0.309 e. The van der Waals surface area contributed by atoms with Crippen LogP contribution in [0.15, 0.2) is 28.2 Å². The number of nitrogens with zero attached hydrogens (tertiary/aromatic N) is 1. The standard InChI is InChI=1S/C11H11NO3S/c13-11(14)6-8-7-16-10(12-8)4-3-9-2-1-5-15-9/h1-2,5,7H,3-4,6H2,(H,13,14). The fraction of sp³-hybridized carbons (Fsp3) is 0.273. The van der Waals surface area contributed by atoms with Crippen LogP contribution in [0.3, 0.4) is 0 Å². The molecular formula is C11H11NO3S. The van der Waals surface area contributed by atoms with E-state index in [4.69, 9.17) is 9.52 Å². The van der Waals surface area contributed by atoms with E-state index in [0.717, 1.165) is 23.6 Å². The molecule has 0 aliphatic rings. The molecule has 2 aromatic rings.